The van der Waals surface area contributed by atoms with E-state index >= 15 is 0 Å². The Kier molecular flexibility index (Phi) is 6.42. The second kappa shape index (κ2) is 8.53. The molecule has 24 heavy (non-hydrogen) atoms. The van der Waals surface area contributed by atoms with Crippen molar-refractivity contribution < 1.29 is 4.79 Å². The fraction of sp³-hybridized carbons (Fsp3) is 0.381. The van der Waals surface area contributed by atoms with Crippen molar-refractivity contribution in [3.63, 3.8) is 0 Å². The Morgan fingerprint density at radius 1 is 1.00 bits per heavy atom. The number of hydrogen-bond donors (Lipinski definition) is 1. The number of hydrogen-bond acceptors (Lipinski definition) is 2. The first-order valence-corrected chi connectivity index (χ1v) is 8.62. The van der Waals surface area contributed by atoms with Crippen LogP contribution in [-0.4, -0.2) is 26.5 Å². The highest BCUT2D eigenvalue weighted by atomic mass is 16.1. The Morgan fingerprint density at radius 2 is 1.62 bits per heavy atom. The molecule has 0 radical (unpaired) electrons. The summed E-state index contributed by atoms with van der Waals surface area (Å²) in [5, 5.41) is 3.00. The number of anilines is 1. The highest BCUT2D eigenvalue weighted by molar-refractivity contribution is 5.94. The second-order valence-corrected chi connectivity index (χ2v) is 6.70. The van der Waals surface area contributed by atoms with Gasteiger partial charge in [0.1, 0.15) is 0 Å². The number of amides is 1. The molecule has 0 heterocycles. The van der Waals surface area contributed by atoms with Crippen LogP contribution in [-0.2, 0) is 6.42 Å². The van der Waals surface area contributed by atoms with Crippen molar-refractivity contribution in [1.29, 1.82) is 0 Å². The Bertz CT molecular complexity index is 643. The molecular weight excluding hydrogens is 296 g/mol. The zero-order chi connectivity index (χ0) is 17.5. The largest absolute Gasteiger partial charge is 0.378 e. The number of nitrogens with zero attached hydrogens (tertiary/aromatic N) is 1. The predicted octanol–water partition coefficient (Wildman–Crippen LogP) is 4.24. The third kappa shape index (κ3) is 5.12. The van der Waals surface area contributed by atoms with E-state index in [1.807, 2.05) is 38.4 Å². The molecule has 2 aromatic rings. The van der Waals surface area contributed by atoms with Crippen molar-refractivity contribution in [2.75, 3.05) is 25.5 Å². The van der Waals surface area contributed by atoms with Crippen molar-refractivity contribution >= 4 is 11.6 Å². The van der Waals surface area contributed by atoms with Crippen LogP contribution in [0.1, 0.15) is 47.7 Å². The Balaban J connectivity index is 1.76. The van der Waals surface area contributed by atoms with Crippen LogP contribution in [0, 0.1) is 0 Å². The smallest absolute Gasteiger partial charge is 0.251 e. The lowest BCUT2D eigenvalue weighted by atomic mass is 10.0. The number of benzene rings is 2. The van der Waals surface area contributed by atoms with Gasteiger partial charge in [0, 0.05) is 31.9 Å². The molecule has 0 atom stereocenters. The number of nitrogens with one attached hydrogen (secondary N) is 1. The molecule has 3 heteroatoms. The van der Waals surface area contributed by atoms with Crippen LogP contribution in [0.3, 0.4) is 0 Å². The second-order valence-electron chi connectivity index (χ2n) is 6.70. The van der Waals surface area contributed by atoms with Gasteiger partial charge in [0.15, 0.2) is 0 Å². The number of rotatable bonds is 7. The van der Waals surface area contributed by atoms with Crippen molar-refractivity contribution in [3.05, 3.63) is 65.2 Å². The van der Waals surface area contributed by atoms with Gasteiger partial charge in [0.2, 0.25) is 0 Å². The molecule has 0 fully saturated rings. The molecule has 0 aliphatic heterocycles. The van der Waals surface area contributed by atoms with E-state index in [2.05, 4.69) is 48.3 Å². The quantitative estimate of drug-likeness (QED) is 0.773. The molecule has 0 bridgehead atoms. The minimum Gasteiger partial charge on any atom is -0.378 e. The average molecular weight is 324 g/mol. The minimum absolute atomic E-state index is 0.00765. The van der Waals surface area contributed by atoms with Crippen molar-refractivity contribution in [3.8, 4) is 0 Å². The first-order chi connectivity index (χ1) is 11.5. The number of aryl methyl sites for hydroxylation is 1. The van der Waals surface area contributed by atoms with Gasteiger partial charge >= 0.3 is 0 Å². The van der Waals surface area contributed by atoms with Crippen LogP contribution in [0.4, 0.5) is 5.69 Å². The number of carbonyl (C=O) groups is 1. The predicted molar refractivity (Wildman–Crippen MR) is 102 cm³/mol. The van der Waals surface area contributed by atoms with Gasteiger partial charge in [-0.15, -0.1) is 0 Å². The maximum atomic E-state index is 12.1. The Morgan fingerprint density at radius 3 is 2.17 bits per heavy atom. The lowest BCUT2D eigenvalue weighted by molar-refractivity contribution is 0.0953. The molecule has 2 aromatic carbocycles. The van der Waals surface area contributed by atoms with Crippen molar-refractivity contribution in [2.24, 2.45) is 0 Å². The monoisotopic (exact) mass is 324 g/mol. The van der Waals surface area contributed by atoms with E-state index in [0.717, 1.165) is 18.4 Å². The first kappa shape index (κ1) is 18.1. The molecule has 128 valence electrons. The van der Waals surface area contributed by atoms with Gasteiger partial charge in [-0.05, 0) is 54.2 Å². The van der Waals surface area contributed by atoms with Gasteiger partial charge in [0.05, 0.1) is 0 Å². The zero-order valence-corrected chi connectivity index (χ0v) is 15.2. The highest BCUT2D eigenvalue weighted by Gasteiger charge is 2.06. The summed E-state index contributed by atoms with van der Waals surface area (Å²) in [6.07, 6.45) is 1.91. The van der Waals surface area contributed by atoms with Crippen molar-refractivity contribution in [1.82, 2.24) is 5.32 Å². The van der Waals surface area contributed by atoms with E-state index in [0.29, 0.717) is 12.5 Å². The molecule has 0 spiro atoms. The highest BCUT2D eigenvalue weighted by Crippen LogP contribution is 2.15. The first-order valence-electron chi connectivity index (χ1n) is 8.62. The fourth-order valence-corrected chi connectivity index (χ4v) is 2.58. The van der Waals surface area contributed by atoms with Crippen LogP contribution in [0.25, 0.3) is 0 Å². The summed E-state index contributed by atoms with van der Waals surface area (Å²) in [6.45, 7) is 5.00. The molecule has 0 aromatic heterocycles. The summed E-state index contributed by atoms with van der Waals surface area (Å²) in [5.74, 6) is 0.495. The topological polar surface area (TPSA) is 32.3 Å². The van der Waals surface area contributed by atoms with Crippen molar-refractivity contribution in [2.45, 2.75) is 32.6 Å². The maximum Gasteiger partial charge on any atom is 0.251 e. The van der Waals surface area contributed by atoms with E-state index in [1.54, 1.807) is 0 Å². The van der Waals surface area contributed by atoms with Gasteiger partial charge in [-0.25, -0.2) is 0 Å². The normalized spacial score (nSPS) is 10.7. The van der Waals surface area contributed by atoms with Crippen LogP contribution in [0.15, 0.2) is 48.5 Å². The van der Waals surface area contributed by atoms with E-state index in [9.17, 15) is 4.79 Å². The number of carbonyl (C=O) groups excluding carboxylic acids is 1. The molecule has 2 rings (SSSR count). The summed E-state index contributed by atoms with van der Waals surface area (Å²) in [4.78, 5) is 14.2. The summed E-state index contributed by atoms with van der Waals surface area (Å²) >= 11 is 0. The summed E-state index contributed by atoms with van der Waals surface area (Å²) < 4.78 is 0. The lowest BCUT2D eigenvalue weighted by Gasteiger charge is -2.12. The molecule has 1 amide bonds. The molecule has 1 N–H and O–H groups in total. The van der Waals surface area contributed by atoms with Crippen LogP contribution in [0.2, 0.25) is 0 Å². The van der Waals surface area contributed by atoms with Crippen LogP contribution >= 0.6 is 0 Å². The van der Waals surface area contributed by atoms with E-state index in [1.165, 1.54) is 16.8 Å². The minimum atomic E-state index is 0.00765. The standard InChI is InChI=1S/C21H28N2O/c1-16(2)18-9-11-19(12-10-18)21(24)22-15-5-6-17-7-13-20(14-8-17)23(3)4/h7-14,16H,5-6,15H2,1-4H3,(H,22,24). The third-order valence-corrected chi connectivity index (χ3v) is 4.22. The summed E-state index contributed by atoms with van der Waals surface area (Å²) in [7, 11) is 4.08. The molecule has 0 saturated heterocycles. The molecule has 0 aliphatic rings. The maximum absolute atomic E-state index is 12.1. The molecule has 0 aliphatic carbocycles. The Hall–Kier alpha value is -2.29. The van der Waals surface area contributed by atoms with Crippen LogP contribution < -0.4 is 10.2 Å². The van der Waals surface area contributed by atoms with Gasteiger partial charge in [-0.1, -0.05) is 38.1 Å². The van der Waals surface area contributed by atoms with E-state index in [-0.39, 0.29) is 5.91 Å². The third-order valence-electron chi connectivity index (χ3n) is 4.22. The fourth-order valence-electron chi connectivity index (χ4n) is 2.58. The van der Waals surface area contributed by atoms with Gasteiger partial charge < -0.3 is 10.2 Å². The van der Waals surface area contributed by atoms with E-state index < -0.39 is 0 Å². The molecular formula is C21H28N2O. The molecule has 3 nitrogen and oxygen atoms in total. The lowest BCUT2D eigenvalue weighted by Crippen LogP contribution is -2.24. The molecule has 0 unspecified atom stereocenters. The molecule has 0 saturated carbocycles. The summed E-state index contributed by atoms with van der Waals surface area (Å²) in [6, 6.07) is 16.4. The van der Waals surface area contributed by atoms with E-state index in [4.69, 9.17) is 0 Å². The summed E-state index contributed by atoms with van der Waals surface area (Å²) in [5.41, 5.74) is 4.50. The van der Waals surface area contributed by atoms with Gasteiger partial charge in [-0.2, -0.15) is 0 Å². The average Bonchev–Trinajstić information content (AvgIpc) is 2.59. The SMILES string of the molecule is CC(C)c1ccc(C(=O)NCCCc2ccc(N(C)C)cc2)cc1. The van der Waals surface area contributed by atoms with Crippen LogP contribution in [0.5, 0.6) is 0 Å². The van der Waals surface area contributed by atoms with Gasteiger partial charge in [-0.3, -0.25) is 4.79 Å². The van der Waals surface area contributed by atoms with Gasteiger partial charge in [0.25, 0.3) is 5.91 Å². The zero-order valence-electron chi connectivity index (χ0n) is 15.2. The Labute approximate surface area is 145 Å².